The third kappa shape index (κ3) is 2.03. The number of aromatic nitrogens is 2. The maximum Gasteiger partial charge on any atom is 0.268 e. The molecule has 0 radical (unpaired) electrons. The van der Waals surface area contributed by atoms with Gasteiger partial charge < -0.3 is 4.90 Å². The lowest BCUT2D eigenvalue weighted by molar-refractivity contribution is 0.0993. The lowest BCUT2D eigenvalue weighted by Crippen LogP contribution is -2.28. The molecule has 2 aliphatic heterocycles. The normalized spacial score (nSPS) is 15.6. The summed E-state index contributed by atoms with van der Waals surface area (Å²) >= 11 is 1.36. The number of para-hydroxylation sites is 1. The van der Waals surface area contributed by atoms with Crippen molar-refractivity contribution in [2.45, 2.75) is 32.7 Å². The topological polar surface area (TPSA) is 55.2 Å². The average molecular weight is 351 g/mol. The molecule has 1 amide bonds. The molecule has 0 N–H and O–H groups in total. The first-order valence-corrected chi connectivity index (χ1v) is 9.39. The van der Waals surface area contributed by atoms with E-state index < -0.39 is 0 Å². The molecule has 5 nitrogen and oxygen atoms in total. The Morgan fingerprint density at radius 1 is 1.20 bits per heavy atom. The molecule has 0 saturated carbocycles. The van der Waals surface area contributed by atoms with E-state index in [0.29, 0.717) is 21.6 Å². The highest BCUT2D eigenvalue weighted by Gasteiger charge is 2.29. The summed E-state index contributed by atoms with van der Waals surface area (Å²) < 4.78 is 1.77. The molecule has 0 saturated heterocycles. The van der Waals surface area contributed by atoms with Gasteiger partial charge in [0.05, 0.1) is 10.3 Å². The molecule has 0 bridgehead atoms. The zero-order valence-electron chi connectivity index (χ0n) is 13.9. The highest BCUT2D eigenvalue weighted by molar-refractivity contribution is 7.20. The maximum absolute atomic E-state index is 13.2. The minimum atomic E-state index is -0.0185. The van der Waals surface area contributed by atoms with Gasteiger partial charge in [0.2, 0.25) is 0 Å². The van der Waals surface area contributed by atoms with E-state index in [9.17, 15) is 9.59 Å². The highest BCUT2D eigenvalue weighted by atomic mass is 32.1. The fourth-order valence-electron chi connectivity index (χ4n) is 3.95. The van der Waals surface area contributed by atoms with Crippen LogP contribution in [0.2, 0.25) is 0 Å². The Bertz CT molecular complexity index is 1100. The van der Waals surface area contributed by atoms with Crippen LogP contribution < -0.4 is 10.5 Å². The molecule has 1 aromatic carbocycles. The smallest absolute Gasteiger partial charge is 0.268 e. The molecular weight excluding hydrogens is 334 g/mol. The molecule has 4 heterocycles. The van der Waals surface area contributed by atoms with E-state index in [-0.39, 0.29) is 11.5 Å². The van der Waals surface area contributed by atoms with Crippen LogP contribution in [0.1, 0.15) is 33.0 Å². The second-order valence-electron chi connectivity index (χ2n) is 6.66. The van der Waals surface area contributed by atoms with Crippen molar-refractivity contribution in [3.8, 4) is 0 Å². The maximum atomic E-state index is 13.2. The molecule has 25 heavy (non-hydrogen) atoms. The van der Waals surface area contributed by atoms with Crippen LogP contribution in [0.5, 0.6) is 0 Å². The molecule has 2 aromatic heterocycles. The number of fused-ring (bicyclic) bond motifs is 3. The SMILES string of the molecule is Cc1c(C(=O)N2CCc3ccccc32)sc2nc3n(c(=O)c12)CCC3. The quantitative estimate of drug-likeness (QED) is 0.677. The molecule has 6 heteroatoms. The summed E-state index contributed by atoms with van der Waals surface area (Å²) in [7, 11) is 0. The fraction of sp³-hybridized carbons (Fsp3) is 0.316. The number of carbonyl (C=O) groups is 1. The summed E-state index contributed by atoms with van der Waals surface area (Å²) in [4.78, 5) is 33.8. The average Bonchev–Trinajstić information content (AvgIpc) is 3.32. The molecule has 0 fully saturated rings. The number of rotatable bonds is 1. The summed E-state index contributed by atoms with van der Waals surface area (Å²) in [6.45, 7) is 3.29. The minimum Gasteiger partial charge on any atom is -0.307 e. The van der Waals surface area contributed by atoms with Gasteiger partial charge in [-0.2, -0.15) is 0 Å². The predicted octanol–water partition coefficient (Wildman–Crippen LogP) is 2.92. The van der Waals surface area contributed by atoms with Gasteiger partial charge >= 0.3 is 0 Å². The molecule has 0 atom stereocenters. The Hall–Kier alpha value is -2.47. The number of hydrogen-bond acceptors (Lipinski definition) is 4. The van der Waals surface area contributed by atoms with Crippen molar-refractivity contribution >= 4 is 33.1 Å². The summed E-state index contributed by atoms with van der Waals surface area (Å²) in [5.41, 5.74) is 2.96. The highest BCUT2D eigenvalue weighted by Crippen LogP contribution is 2.34. The van der Waals surface area contributed by atoms with E-state index in [1.807, 2.05) is 30.0 Å². The molecule has 0 aliphatic carbocycles. The zero-order chi connectivity index (χ0) is 17.1. The van der Waals surface area contributed by atoms with Gasteiger partial charge in [-0.1, -0.05) is 18.2 Å². The lowest BCUT2D eigenvalue weighted by Gasteiger charge is -2.16. The van der Waals surface area contributed by atoms with Gasteiger partial charge in [0, 0.05) is 25.2 Å². The number of thiophene rings is 1. The minimum absolute atomic E-state index is 0.00659. The van der Waals surface area contributed by atoms with Gasteiger partial charge in [-0.15, -0.1) is 11.3 Å². The van der Waals surface area contributed by atoms with Crippen LogP contribution in [-0.4, -0.2) is 22.0 Å². The van der Waals surface area contributed by atoms with Crippen LogP contribution >= 0.6 is 11.3 Å². The van der Waals surface area contributed by atoms with Crippen molar-refractivity contribution in [2.75, 3.05) is 11.4 Å². The molecule has 2 aliphatic rings. The van der Waals surface area contributed by atoms with E-state index in [4.69, 9.17) is 0 Å². The van der Waals surface area contributed by atoms with Crippen LogP contribution in [0.3, 0.4) is 0 Å². The van der Waals surface area contributed by atoms with Gasteiger partial charge in [0.25, 0.3) is 11.5 Å². The van der Waals surface area contributed by atoms with Gasteiger partial charge in [0.15, 0.2) is 0 Å². The number of anilines is 1. The van der Waals surface area contributed by atoms with Crippen molar-refractivity contribution in [1.29, 1.82) is 0 Å². The molecule has 0 spiro atoms. The third-order valence-corrected chi connectivity index (χ3v) is 6.41. The Labute approximate surface area is 148 Å². The number of carbonyl (C=O) groups excluding carboxylic acids is 1. The predicted molar refractivity (Wildman–Crippen MR) is 98.8 cm³/mol. The Balaban J connectivity index is 1.65. The van der Waals surface area contributed by atoms with Gasteiger partial charge in [-0.3, -0.25) is 14.2 Å². The largest absolute Gasteiger partial charge is 0.307 e. The van der Waals surface area contributed by atoms with Crippen LogP contribution in [-0.2, 0) is 19.4 Å². The lowest BCUT2D eigenvalue weighted by atomic mass is 10.1. The molecule has 0 unspecified atom stereocenters. The summed E-state index contributed by atoms with van der Waals surface area (Å²) in [6.07, 6.45) is 2.68. The van der Waals surface area contributed by atoms with Crippen molar-refractivity contribution in [1.82, 2.24) is 9.55 Å². The second kappa shape index (κ2) is 5.26. The van der Waals surface area contributed by atoms with E-state index in [1.54, 1.807) is 4.57 Å². The Morgan fingerprint density at radius 2 is 2.04 bits per heavy atom. The van der Waals surface area contributed by atoms with E-state index in [2.05, 4.69) is 11.1 Å². The molecule has 5 rings (SSSR count). The van der Waals surface area contributed by atoms with Crippen LogP contribution in [0.25, 0.3) is 10.2 Å². The standard InChI is InChI=1S/C19H17N3O2S/c1-11-15-17(20-14-7-4-9-22(14)18(15)23)25-16(11)19(24)21-10-8-12-5-2-3-6-13(12)21/h2-3,5-6H,4,7-10H2,1H3. The first-order valence-electron chi connectivity index (χ1n) is 8.58. The van der Waals surface area contributed by atoms with E-state index in [1.165, 1.54) is 16.9 Å². The monoisotopic (exact) mass is 351 g/mol. The first-order chi connectivity index (χ1) is 12.1. The molecule has 126 valence electrons. The van der Waals surface area contributed by atoms with Gasteiger partial charge in [0.1, 0.15) is 10.7 Å². The summed E-state index contributed by atoms with van der Waals surface area (Å²) in [5.74, 6) is 0.833. The van der Waals surface area contributed by atoms with Crippen molar-refractivity contribution in [2.24, 2.45) is 0 Å². The van der Waals surface area contributed by atoms with Crippen molar-refractivity contribution < 1.29 is 4.79 Å². The second-order valence-corrected chi connectivity index (χ2v) is 7.66. The molecule has 3 aromatic rings. The Morgan fingerprint density at radius 3 is 2.92 bits per heavy atom. The van der Waals surface area contributed by atoms with Gasteiger partial charge in [-0.05, 0) is 37.0 Å². The number of nitrogens with zero attached hydrogens (tertiary/aromatic N) is 3. The number of benzene rings is 1. The van der Waals surface area contributed by atoms with Crippen LogP contribution in [0.15, 0.2) is 29.1 Å². The van der Waals surface area contributed by atoms with Crippen LogP contribution in [0, 0.1) is 6.92 Å². The van der Waals surface area contributed by atoms with E-state index >= 15 is 0 Å². The summed E-state index contributed by atoms with van der Waals surface area (Å²) in [5, 5.41) is 0.617. The van der Waals surface area contributed by atoms with E-state index in [0.717, 1.165) is 42.9 Å². The van der Waals surface area contributed by atoms with Gasteiger partial charge in [-0.25, -0.2) is 4.98 Å². The molecular formula is C19H17N3O2S. The number of aryl methyl sites for hydroxylation is 2. The number of hydrogen-bond donors (Lipinski definition) is 0. The van der Waals surface area contributed by atoms with Crippen LogP contribution in [0.4, 0.5) is 5.69 Å². The van der Waals surface area contributed by atoms with Crippen molar-refractivity contribution in [3.05, 3.63) is 56.4 Å². The summed E-state index contributed by atoms with van der Waals surface area (Å²) in [6, 6.07) is 8.02. The Kier molecular flexibility index (Phi) is 3.12. The fourth-order valence-corrected chi connectivity index (χ4v) is 5.09. The zero-order valence-corrected chi connectivity index (χ0v) is 14.7. The first kappa shape index (κ1) is 14.8. The number of amides is 1. The third-order valence-electron chi connectivity index (χ3n) is 5.24. The van der Waals surface area contributed by atoms with Crippen molar-refractivity contribution in [3.63, 3.8) is 0 Å².